The molecule has 1 atom stereocenters. The maximum Gasteiger partial charge on any atom is 0.120 e. The number of benzene rings is 1. The molecule has 84 valence electrons. The Kier molecular flexibility index (Phi) is 4.20. The quantitative estimate of drug-likeness (QED) is 0.636. The first kappa shape index (κ1) is 12.1. The van der Waals surface area contributed by atoms with E-state index in [0.29, 0.717) is 18.8 Å². The molecule has 4 nitrogen and oxygen atoms in total. The fourth-order valence-electron chi connectivity index (χ4n) is 1.59. The van der Waals surface area contributed by atoms with E-state index in [-0.39, 0.29) is 29.9 Å². The van der Waals surface area contributed by atoms with Crippen LogP contribution in [0, 0.1) is 0 Å². The van der Waals surface area contributed by atoms with Gasteiger partial charge in [-0.3, -0.25) is 0 Å². The van der Waals surface area contributed by atoms with E-state index >= 15 is 0 Å². The third-order valence-electron chi connectivity index (χ3n) is 2.31. The fourth-order valence-corrected chi connectivity index (χ4v) is 1.59. The maximum atomic E-state index is 9.58. The molecule has 1 aromatic carbocycles. The van der Waals surface area contributed by atoms with Crippen molar-refractivity contribution in [1.29, 1.82) is 0 Å². The number of morpholine rings is 1. The van der Waals surface area contributed by atoms with Gasteiger partial charge in [0.05, 0.1) is 19.3 Å². The molecule has 0 bridgehead atoms. The summed E-state index contributed by atoms with van der Waals surface area (Å²) in [4.78, 5) is 0. The van der Waals surface area contributed by atoms with Gasteiger partial charge in [-0.15, -0.1) is 12.4 Å². The molecule has 1 saturated heterocycles. The Morgan fingerprint density at radius 1 is 1.33 bits per heavy atom. The second-order valence-electron chi connectivity index (χ2n) is 3.32. The summed E-state index contributed by atoms with van der Waals surface area (Å²) in [5, 5.41) is 22.1. The van der Waals surface area contributed by atoms with Gasteiger partial charge in [0.15, 0.2) is 0 Å². The number of halogens is 1. The van der Waals surface area contributed by atoms with Gasteiger partial charge in [0.1, 0.15) is 11.5 Å². The predicted octanol–water partition coefficient (Wildman–Crippen LogP) is 1.18. The van der Waals surface area contributed by atoms with Crippen LogP contribution in [0.25, 0.3) is 0 Å². The number of phenols is 2. The van der Waals surface area contributed by atoms with Gasteiger partial charge in [0.25, 0.3) is 0 Å². The molecule has 0 spiro atoms. The van der Waals surface area contributed by atoms with Crippen LogP contribution in [0.5, 0.6) is 11.5 Å². The number of hydrogen-bond donors (Lipinski definition) is 3. The highest BCUT2D eigenvalue weighted by molar-refractivity contribution is 5.85. The number of ether oxygens (including phenoxy) is 1. The van der Waals surface area contributed by atoms with Crippen molar-refractivity contribution in [2.75, 3.05) is 19.8 Å². The number of rotatable bonds is 1. The standard InChI is InChI=1S/C10H13NO3.ClH/c12-7-1-2-10(13)8(5-7)9-6-14-4-3-11-9;/h1-2,5,9,11-13H,3-4,6H2;1H/t9-;/m1./s1. The van der Waals surface area contributed by atoms with Crippen LogP contribution in [0.3, 0.4) is 0 Å². The Morgan fingerprint density at radius 2 is 2.13 bits per heavy atom. The normalized spacial score (nSPS) is 20.7. The summed E-state index contributed by atoms with van der Waals surface area (Å²) in [6.07, 6.45) is 0. The molecule has 5 heteroatoms. The number of hydrogen-bond acceptors (Lipinski definition) is 4. The van der Waals surface area contributed by atoms with Gasteiger partial charge in [-0.2, -0.15) is 0 Å². The van der Waals surface area contributed by atoms with Crippen LogP contribution < -0.4 is 5.32 Å². The minimum absolute atomic E-state index is 0. The van der Waals surface area contributed by atoms with Crippen LogP contribution in [0.15, 0.2) is 18.2 Å². The summed E-state index contributed by atoms with van der Waals surface area (Å²) in [5.41, 5.74) is 0.685. The van der Waals surface area contributed by atoms with Crippen LogP contribution in [0.2, 0.25) is 0 Å². The highest BCUT2D eigenvalue weighted by Gasteiger charge is 2.18. The van der Waals surface area contributed by atoms with Gasteiger partial charge in [-0.25, -0.2) is 0 Å². The summed E-state index contributed by atoms with van der Waals surface area (Å²) in [7, 11) is 0. The molecule has 1 aliphatic heterocycles. The van der Waals surface area contributed by atoms with E-state index in [1.165, 1.54) is 12.1 Å². The van der Waals surface area contributed by atoms with Gasteiger partial charge in [0, 0.05) is 12.1 Å². The molecular formula is C10H14ClNO3. The molecular weight excluding hydrogens is 218 g/mol. The van der Waals surface area contributed by atoms with Crippen molar-refractivity contribution in [2.45, 2.75) is 6.04 Å². The first-order valence-corrected chi connectivity index (χ1v) is 4.60. The molecule has 0 saturated carbocycles. The fraction of sp³-hybridized carbons (Fsp3) is 0.400. The van der Waals surface area contributed by atoms with Gasteiger partial charge in [-0.1, -0.05) is 0 Å². The first-order chi connectivity index (χ1) is 6.77. The lowest BCUT2D eigenvalue weighted by Crippen LogP contribution is -2.34. The molecule has 2 rings (SSSR count). The summed E-state index contributed by atoms with van der Waals surface area (Å²) >= 11 is 0. The molecule has 1 aliphatic rings. The Hall–Kier alpha value is -0.970. The SMILES string of the molecule is Cl.Oc1ccc(O)c([C@H]2COCCN2)c1. The van der Waals surface area contributed by atoms with Crippen molar-refractivity contribution in [2.24, 2.45) is 0 Å². The number of nitrogens with one attached hydrogen (secondary N) is 1. The second-order valence-corrected chi connectivity index (χ2v) is 3.32. The number of aromatic hydroxyl groups is 2. The van der Waals surface area contributed by atoms with Crippen molar-refractivity contribution in [3.05, 3.63) is 23.8 Å². The van der Waals surface area contributed by atoms with E-state index in [1.54, 1.807) is 6.07 Å². The molecule has 1 heterocycles. The summed E-state index contributed by atoms with van der Waals surface area (Å²) < 4.78 is 5.28. The third kappa shape index (κ3) is 2.75. The van der Waals surface area contributed by atoms with Gasteiger partial charge in [-0.05, 0) is 18.2 Å². The Bertz CT molecular complexity index is 326. The van der Waals surface area contributed by atoms with E-state index in [0.717, 1.165) is 6.54 Å². The molecule has 0 unspecified atom stereocenters. The predicted molar refractivity (Wildman–Crippen MR) is 58.6 cm³/mol. The second kappa shape index (κ2) is 5.21. The zero-order valence-corrected chi connectivity index (χ0v) is 8.96. The van der Waals surface area contributed by atoms with E-state index in [2.05, 4.69) is 5.32 Å². The van der Waals surface area contributed by atoms with Crippen molar-refractivity contribution >= 4 is 12.4 Å². The van der Waals surface area contributed by atoms with Gasteiger partial charge < -0.3 is 20.3 Å². The first-order valence-electron chi connectivity index (χ1n) is 4.60. The third-order valence-corrected chi connectivity index (χ3v) is 2.31. The average Bonchev–Trinajstić information content (AvgIpc) is 2.23. The monoisotopic (exact) mass is 231 g/mol. The Morgan fingerprint density at radius 3 is 2.80 bits per heavy atom. The van der Waals surface area contributed by atoms with E-state index in [1.807, 2.05) is 0 Å². The Balaban J connectivity index is 0.00000112. The van der Waals surface area contributed by atoms with Crippen molar-refractivity contribution in [3.63, 3.8) is 0 Å². The van der Waals surface area contributed by atoms with E-state index in [4.69, 9.17) is 4.74 Å². The number of phenolic OH excluding ortho intramolecular Hbond substituents is 2. The molecule has 0 aliphatic carbocycles. The lowest BCUT2D eigenvalue weighted by Gasteiger charge is -2.24. The molecule has 3 N–H and O–H groups in total. The van der Waals surface area contributed by atoms with Crippen LogP contribution in [0.1, 0.15) is 11.6 Å². The summed E-state index contributed by atoms with van der Waals surface area (Å²) in [6.45, 7) is 1.98. The molecule has 1 fully saturated rings. The molecule has 15 heavy (non-hydrogen) atoms. The molecule has 0 radical (unpaired) electrons. The largest absolute Gasteiger partial charge is 0.508 e. The van der Waals surface area contributed by atoms with E-state index in [9.17, 15) is 10.2 Å². The van der Waals surface area contributed by atoms with Crippen LogP contribution in [0.4, 0.5) is 0 Å². The smallest absolute Gasteiger partial charge is 0.120 e. The van der Waals surface area contributed by atoms with Gasteiger partial charge in [0.2, 0.25) is 0 Å². The van der Waals surface area contributed by atoms with Crippen LogP contribution in [-0.2, 0) is 4.74 Å². The zero-order valence-electron chi connectivity index (χ0n) is 8.14. The molecule has 0 amide bonds. The minimum atomic E-state index is -0.0316. The molecule has 1 aromatic rings. The van der Waals surface area contributed by atoms with Crippen molar-refractivity contribution in [3.8, 4) is 11.5 Å². The lowest BCUT2D eigenvalue weighted by molar-refractivity contribution is 0.0760. The van der Waals surface area contributed by atoms with Gasteiger partial charge >= 0.3 is 0 Å². The topological polar surface area (TPSA) is 61.7 Å². The Labute approximate surface area is 94.3 Å². The summed E-state index contributed by atoms with van der Waals surface area (Å²) in [5.74, 6) is 0.343. The van der Waals surface area contributed by atoms with Crippen LogP contribution in [-0.4, -0.2) is 30.0 Å². The average molecular weight is 232 g/mol. The maximum absolute atomic E-state index is 9.58. The zero-order chi connectivity index (χ0) is 9.97. The van der Waals surface area contributed by atoms with Crippen molar-refractivity contribution < 1.29 is 14.9 Å². The molecule has 0 aromatic heterocycles. The van der Waals surface area contributed by atoms with E-state index < -0.39 is 0 Å². The minimum Gasteiger partial charge on any atom is -0.508 e. The highest BCUT2D eigenvalue weighted by atomic mass is 35.5. The highest BCUT2D eigenvalue weighted by Crippen LogP contribution is 2.28. The summed E-state index contributed by atoms with van der Waals surface area (Å²) in [6, 6.07) is 4.47. The van der Waals surface area contributed by atoms with Crippen LogP contribution >= 0.6 is 12.4 Å². The van der Waals surface area contributed by atoms with Crippen molar-refractivity contribution in [1.82, 2.24) is 5.32 Å². The lowest BCUT2D eigenvalue weighted by atomic mass is 10.1.